The number of fused-ring (bicyclic) bond motifs is 1. The Morgan fingerprint density at radius 3 is 2.72 bits per heavy atom. The Morgan fingerprint density at radius 2 is 1.88 bits per heavy atom. The molecule has 0 bridgehead atoms. The molecule has 0 amide bonds. The monoisotopic (exact) mass is 449 g/mol. The number of pyridine rings is 1. The maximum absolute atomic E-state index is 10.5. The second-order valence-corrected chi connectivity index (χ2v) is 8.36. The lowest BCUT2D eigenvalue weighted by molar-refractivity contribution is 0.276. The quantitative estimate of drug-likeness (QED) is 0.216. The van der Waals surface area contributed by atoms with Crippen LogP contribution in [0.3, 0.4) is 0 Å². The molecule has 0 aliphatic heterocycles. The third-order valence-electron chi connectivity index (χ3n) is 5.20. The molecule has 1 heterocycles. The molecular formula is C26H30N2O3P+. The van der Waals surface area contributed by atoms with E-state index in [4.69, 9.17) is 4.89 Å². The molecule has 2 aromatic carbocycles. The molecule has 0 saturated heterocycles. The average Bonchev–Trinajstić information content (AvgIpc) is 2.82. The van der Waals surface area contributed by atoms with Gasteiger partial charge in [0.2, 0.25) is 0 Å². The number of hydrogen-bond donors (Lipinski definition) is 2. The Balaban J connectivity index is 1.48. The fourth-order valence-electron chi connectivity index (χ4n) is 3.57. The highest BCUT2D eigenvalue weighted by molar-refractivity contribution is 7.32. The third kappa shape index (κ3) is 8.15. The topological polar surface area (TPSA) is 71.5 Å². The third-order valence-corrected chi connectivity index (χ3v) is 5.60. The van der Waals surface area contributed by atoms with Crippen LogP contribution in [0.4, 0.5) is 0 Å². The molecule has 166 valence electrons. The van der Waals surface area contributed by atoms with E-state index in [1.54, 1.807) is 6.20 Å². The number of aromatic nitrogens is 1. The first-order valence-corrected chi connectivity index (χ1v) is 12.3. The van der Waals surface area contributed by atoms with Crippen LogP contribution in [-0.4, -0.2) is 23.0 Å². The molecule has 6 heteroatoms. The molecule has 0 saturated carbocycles. The van der Waals surface area contributed by atoms with Gasteiger partial charge in [0.25, 0.3) is 0 Å². The molecule has 2 N–H and O–H groups in total. The van der Waals surface area contributed by atoms with Gasteiger partial charge in [0.1, 0.15) is 6.61 Å². The summed E-state index contributed by atoms with van der Waals surface area (Å²) in [5.41, 5.74) is 4.49. The first-order chi connectivity index (χ1) is 15.7. The molecule has 1 atom stereocenters. The smallest absolute Gasteiger partial charge is 0.313 e. The van der Waals surface area contributed by atoms with Gasteiger partial charge in [-0.15, -0.1) is 9.42 Å². The fourth-order valence-corrected chi connectivity index (χ4v) is 3.85. The standard InChI is InChI=1S/C26H29N2O3P/c29-32(30)31-20-10-18-27-21-24-17-16-23(25-15-9-19-28-26(24)25)14-8-3-1-2-5-11-22-12-6-4-7-13-22/h4,6-7,9,12-13,15-17,19,27H,1-3,5,10-11,18,20-21H2/p+1. The molecule has 32 heavy (non-hydrogen) atoms. The predicted molar refractivity (Wildman–Crippen MR) is 129 cm³/mol. The number of aryl methyl sites for hydroxylation is 1. The van der Waals surface area contributed by atoms with Crippen LogP contribution in [0.1, 0.15) is 48.8 Å². The van der Waals surface area contributed by atoms with Gasteiger partial charge in [-0.05, 0) is 55.5 Å². The van der Waals surface area contributed by atoms with Crippen molar-refractivity contribution in [1.82, 2.24) is 10.3 Å². The largest absolute Gasteiger partial charge is 0.694 e. The van der Waals surface area contributed by atoms with Crippen molar-refractivity contribution in [2.45, 2.75) is 45.1 Å². The van der Waals surface area contributed by atoms with E-state index in [1.165, 1.54) is 18.4 Å². The van der Waals surface area contributed by atoms with Crippen LogP contribution >= 0.6 is 8.25 Å². The number of nitrogens with one attached hydrogen (secondary N) is 1. The summed E-state index contributed by atoms with van der Waals surface area (Å²) < 4.78 is 15.2. The zero-order chi connectivity index (χ0) is 22.4. The van der Waals surface area contributed by atoms with Crippen LogP contribution in [0.15, 0.2) is 60.8 Å². The number of rotatable bonds is 12. The van der Waals surface area contributed by atoms with Gasteiger partial charge in [-0.25, -0.2) is 0 Å². The zero-order valence-corrected chi connectivity index (χ0v) is 19.2. The van der Waals surface area contributed by atoms with E-state index in [2.05, 4.69) is 75.2 Å². The van der Waals surface area contributed by atoms with E-state index >= 15 is 0 Å². The predicted octanol–water partition coefficient (Wildman–Crippen LogP) is 5.54. The Morgan fingerprint density at radius 1 is 1.00 bits per heavy atom. The van der Waals surface area contributed by atoms with Crippen LogP contribution in [0.5, 0.6) is 0 Å². The summed E-state index contributed by atoms with van der Waals surface area (Å²) in [5, 5.41) is 4.41. The van der Waals surface area contributed by atoms with E-state index in [-0.39, 0.29) is 6.61 Å². The minimum atomic E-state index is -2.51. The molecule has 5 nitrogen and oxygen atoms in total. The summed E-state index contributed by atoms with van der Waals surface area (Å²) in [7, 11) is -2.51. The first-order valence-electron chi connectivity index (χ1n) is 11.1. The van der Waals surface area contributed by atoms with E-state index in [0.717, 1.165) is 41.3 Å². The molecule has 3 rings (SSSR count). The lowest BCUT2D eigenvalue weighted by atomic mass is 10.0. The molecule has 0 fully saturated rings. The van der Waals surface area contributed by atoms with Gasteiger partial charge in [-0.3, -0.25) is 4.98 Å². The lowest BCUT2D eigenvalue weighted by Gasteiger charge is -2.08. The van der Waals surface area contributed by atoms with Crippen LogP contribution in [0.25, 0.3) is 10.9 Å². The summed E-state index contributed by atoms with van der Waals surface area (Å²) in [6, 6.07) is 18.8. The Labute approximate surface area is 191 Å². The van der Waals surface area contributed by atoms with Gasteiger partial charge in [0.05, 0.1) is 5.52 Å². The average molecular weight is 450 g/mol. The minimum absolute atomic E-state index is 0.262. The summed E-state index contributed by atoms with van der Waals surface area (Å²) >= 11 is 0. The number of benzene rings is 2. The number of unbranched alkanes of at least 4 members (excludes halogenated alkanes) is 3. The van der Waals surface area contributed by atoms with E-state index in [0.29, 0.717) is 19.5 Å². The van der Waals surface area contributed by atoms with Crippen molar-refractivity contribution in [3.05, 3.63) is 77.5 Å². The van der Waals surface area contributed by atoms with Crippen molar-refractivity contribution < 1.29 is 14.0 Å². The van der Waals surface area contributed by atoms with Crippen LogP contribution in [0, 0.1) is 11.8 Å². The van der Waals surface area contributed by atoms with E-state index in [9.17, 15) is 4.57 Å². The highest BCUT2D eigenvalue weighted by Gasteiger charge is 2.10. The SMILES string of the molecule is O=[P+](O)OCCCNCc1ccc(C#CCCCCCc2ccccc2)c2cccnc12. The van der Waals surface area contributed by atoms with Gasteiger partial charge < -0.3 is 5.32 Å². The summed E-state index contributed by atoms with van der Waals surface area (Å²) in [4.78, 5) is 13.2. The normalized spacial score (nSPS) is 11.2. The van der Waals surface area contributed by atoms with Crippen molar-refractivity contribution in [3.8, 4) is 11.8 Å². The summed E-state index contributed by atoms with van der Waals surface area (Å²) in [6.07, 6.45) is 8.02. The van der Waals surface area contributed by atoms with Crippen LogP contribution < -0.4 is 5.32 Å². The van der Waals surface area contributed by atoms with Crippen LogP contribution in [0.2, 0.25) is 0 Å². The van der Waals surface area contributed by atoms with Crippen molar-refractivity contribution in [2.75, 3.05) is 13.2 Å². The lowest BCUT2D eigenvalue weighted by Crippen LogP contribution is -2.16. The van der Waals surface area contributed by atoms with Gasteiger partial charge in [-0.1, -0.05) is 60.7 Å². The molecule has 0 aliphatic rings. The van der Waals surface area contributed by atoms with Crippen molar-refractivity contribution in [3.63, 3.8) is 0 Å². The first kappa shape index (κ1) is 24.0. The second kappa shape index (κ2) is 13.7. The second-order valence-electron chi connectivity index (χ2n) is 7.62. The molecular weight excluding hydrogens is 419 g/mol. The van der Waals surface area contributed by atoms with E-state index in [1.807, 2.05) is 6.07 Å². The molecule has 0 spiro atoms. The number of nitrogens with zero attached hydrogens (tertiary/aromatic N) is 1. The maximum Gasteiger partial charge on any atom is 0.694 e. The van der Waals surface area contributed by atoms with Gasteiger partial charge in [0.15, 0.2) is 0 Å². The van der Waals surface area contributed by atoms with Crippen molar-refractivity contribution in [1.29, 1.82) is 0 Å². The molecule has 1 unspecified atom stereocenters. The summed E-state index contributed by atoms with van der Waals surface area (Å²) in [6.45, 7) is 1.63. The Hall–Kier alpha value is -2.61. The summed E-state index contributed by atoms with van der Waals surface area (Å²) in [5.74, 6) is 6.68. The minimum Gasteiger partial charge on any atom is -0.313 e. The highest BCUT2D eigenvalue weighted by Crippen LogP contribution is 2.20. The van der Waals surface area contributed by atoms with Gasteiger partial charge in [0, 0.05) is 34.7 Å². The van der Waals surface area contributed by atoms with E-state index < -0.39 is 8.25 Å². The fraction of sp³-hybridized carbons (Fsp3) is 0.346. The van der Waals surface area contributed by atoms with Crippen LogP contribution in [-0.2, 0) is 22.1 Å². The molecule has 0 aliphatic carbocycles. The van der Waals surface area contributed by atoms with Crippen molar-refractivity contribution >= 4 is 19.2 Å². The van der Waals surface area contributed by atoms with Gasteiger partial charge in [-0.2, -0.15) is 0 Å². The Kier molecular flexibility index (Phi) is 10.3. The highest BCUT2D eigenvalue weighted by atomic mass is 31.1. The molecule has 0 radical (unpaired) electrons. The molecule has 1 aromatic heterocycles. The number of hydrogen-bond acceptors (Lipinski definition) is 4. The van der Waals surface area contributed by atoms with Crippen molar-refractivity contribution in [2.24, 2.45) is 0 Å². The Bertz CT molecular complexity index is 1060. The van der Waals surface area contributed by atoms with Gasteiger partial charge >= 0.3 is 8.25 Å². The maximum atomic E-state index is 10.5. The zero-order valence-electron chi connectivity index (χ0n) is 18.3. The molecule has 3 aromatic rings.